The first-order valence-electron chi connectivity index (χ1n) is 8.50. The van der Waals surface area contributed by atoms with Crippen LogP contribution in [0.1, 0.15) is 78.1 Å². The minimum Gasteiger partial charge on any atom is -0.327 e. The summed E-state index contributed by atoms with van der Waals surface area (Å²) in [6.07, 6.45) is 14.2. The van der Waals surface area contributed by atoms with Gasteiger partial charge in [0.25, 0.3) is 0 Å². The molecule has 4 atom stereocenters. The van der Waals surface area contributed by atoms with Gasteiger partial charge in [0, 0.05) is 6.04 Å². The van der Waals surface area contributed by atoms with E-state index in [2.05, 4.69) is 13.8 Å². The van der Waals surface area contributed by atoms with Gasteiger partial charge in [-0.1, -0.05) is 52.4 Å². The largest absolute Gasteiger partial charge is 0.327 e. The van der Waals surface area contributed by atoms with Crippen molar-refractivity contribution in [2.45, 2.75) is 84.1 Å². The average molecular weight is 251 g/mol. The molecule has 2 rings (SSSR count). The summed E-state index contributed by atoms with van der Waals surface area (Å²) < 4.78 is 0. The molecule has 4 unspecified atom stereocenters. The lowest BCUT2D eigenvalue weighted by molar-refractivity contribution is 0.111. The number of hydrogen-bond donors (Lipinski definition) is 1. The van der Waals surface area contributed by atoms with Crippen LogP contribution >= 0.6 is 0 Å². The number of fused-ring (bicyclic) bond motifs is 1. The molecule has 0 heterocycles. The highest BCUT2D eigenvalue weighted by Gasteiger charge is 2.34. The van der Waals surface area contributed by atoms with Crippen molar-refractivity contribution in [1.29, 1.82) is 0 Å². The van der Waals surface area contributed by atoms with Gasteiger partial charge in [0.1, 0.15) is 0 Å². The molecule has 1 heteroatoms. The number of nitrogens with two attached hydrogens (primary N) is 1. The molecule has 0 aromatic carbocycles. The van der Waals surface area contributed by atoms with E-state index in [9.17, 15) is 0 Å². The van der Waals surface area contributed by atoms with Crippen LogP contribution < -0.4 is 5.73 Å². The summed E-state index contributed by atoms with van der Waals surface area (Å²) in [5, 5.41) is 0. The Balaban J connectivity index is 1.82. The summed E-state index contributed by atoms with van der Waals surface area (Å²) >= 11 is 0. The first-order chi connectivity index (χ1) is 8.74. The van der Waals surface area contributed by atoms with E-state index in [0.29, 0.717) is 6.04 Å². The monoisotopic (exact) mass is 251 g/mol. The topological polar surface area (TPSA) is 26.0 Å². The van der Waals surface area contributed by atoms with Crippen LogP contribution in [0.15, 0.2) is 0 Å². The van der Waals surface area contributed by atoms with Gasteiger partial charge in [-0.25, -0.2) is 0 Å². The third-order valence-corrected chi connectivity index (χ3v) is 5.95. The Kier molecular flexibility index (Phi) is 5.54. The van der Waals surface area contributed by atoms with E-state index in [0.717, 1.165) is 23.7 Å². The molecule has 0 aromatic heterocycles. The van der Waals surface area contributed by atoms with Crippen molar-refractivity contribution in [1.82, 2.24) is 0 Å². The van der Waals surface area contributed by atoms with Crippen LogP contribution in [0.4, 0.5) is 0 Å². The van der Waals surface area contributed by atoms with E-state index in [1.165, 1.54) is 64.2 Å². The van der Waals surface area contributed by atoms with Crippen LogP contribution in [0.5, 0.6) is 0 Å². The maximum atomic E-state index is 6.52. The van der Waals surface area contributed by atoms with Crippen molar-refractivity contribution in [3.8, 4) is 0 Å². The minimum atomic E-state index is 0.484. The molecule has 0 aromatic rings. The van der Waals surface area contributed by atoms with Gasteiger partial charge < -0.3 is 5.73 Å². The predicted molar refractivity (Wildman–Crippen MR) is 79.5 cm³/mol. The summed E-state index contributed by atoms with van der Waals surface area (Å²) in [6.45, 7) is 4.64. The Morgan fingerprint density at radius 3 is 2.28 bits per heavy atom. The molecule has 2 saturated carbocycles. The summed E-state index contributed by atoms with van der Waals surface area (Å²) in [4.78, 5) is 0. The molecule has 0 spiro atoms. The maximum absolute atomic E-state index is 6.52. The SMILES string of the molecule is CCC(CC)CC(N)C1CCC2CCCCC2C1. The van der Waals surface area contributed by atoms with Gasteiger partial charge in [-0.15, -0.1) is 0 Å². The Labute approximate surface area is 114 Å². The van der Waals surface area contributed by atoms with Crippen LogP contribution in [0.3, 0.4) is 0 Å². The van der Waals surface area contributed by atoms with E-state index < -0.39 is 0 Å². The zero-order chi connectivity index (χ0) is 13.0. The van der Waals surface area contributed by atoms with Crippen molar-refractivity contribution in [3.05, 3.63) is 0 Å². The van der Waals surface area contributed by atoms with Gasteiger partial charge in [-0.2, -0.15) is 0 Å². The number of rotatable bonds is 5. The second-order valence-corrected chi connectivity index (χ2v) is 6.96. The van der Waals surface area contributed by atoms with Crippen molar-refractivity contribution < 1.29 is 0 Å². The molecule has 0 amide bonds. The van der Waals surface area contributed by atoms with E-state index in [1.54, 1.807) is 0 Å². The lowest BCUT2D eigenvalue weighted by Crippen LogP contribution is -2.38. The van der Waals surface area contributed by atoms with Crippen LogP contribution in [0.2, 0.25) is 0 Å². The molecule has 2 aliphatic rings. The summed E-state index contributed by atoms with van der Waals surface area (Å²) in [5.41, 5.74) is 6.52. The Hall–Kier alpha value is -0.0400. The average Bonchev–Trinajstić information content (AvgIpc) is 2.44. The predicted octanol–water partition coefficient (Wildman–Crippen LogP) is 4.75. The normalized spacial score (nSPS) is 34.3. The van der Waals surface area contributed by atoms with Gasteiger partial charge in [-0.3, -0.25) is 0 Å². The third-order valence-electron chi connectivity index (χ3n) is 5.95. The standard InChI is InChI=1S/C17H33N/c1-3-13(4-2)11-17(18)16-10-9-14-7-5-6-8-15(14)12-16/h13-17H,3-12,18H2,1-2H3. The van der Waals surface area contributed by atoms with E-state index in [-0.39, 0.29) is 0 Å². The molecule has 18 heavy (non-hydrogen) atoms. The minimum absolute atomic E-state index is 0.484. The molecular formula is C17H33N. The fourth-order valence-electron chi connectivity index (χ4n) is 4.50. The first kappa shape index (κ1) is 14.4. The third kappa shape index (κ3) is 3.50. The van der Waals surface area contributed by atoms with Crippen molar-refractivity contribution in [2.75, 3.05) is 0 Å². The van der Waals surface area contributed by atoms with Gasteiger partial charge in [-0.05, 0) is 49.4 Å². The van der Waals surface area contributed by atoms with Gasteiger partial charge >= 0.3 is 0 Å². The summed E-state index contributed by atoms with van der Waals surface area (Å²) in [7, 11) is 0. The van der Waals surface area contributed by atoms with E-state index in [1.807, 2.05) is 0 Å². The zero-order valence-corrected chi connectivity index (χ0v) is 12.5. The van der Waals surface area contributed by atoms with Crippen molar-refractivity contribution >= 4 is 0 Å². The fraction of sp³-hybridized carbons (Fsp3) is 1.00. The van der Waals surface area contributed by atoms with E-state index >= 15 is 0 Å². The van der Waals surface area contributed by atoms with Crippen LogP contribution in [-0.4, -0.2) is 6.04 Å². The maximum Gasteiger partial charge on any atom is 0.00699 e. The summed E-state index contributed by atoms with van der Waals surface area (Å²) in [6, 6.07) is 0.484. The Bertz CT molecular complexity index is 234. The Morgan fingerprint density at radius 2 is 1.61 bits per heavy atom. The fourth-order valence-corrected chi connectivity index (χ4v) is 4.50. The highest BCUT2D eigenvalue weighted by atomic mass is 14.7. The lowest BCUT2D eigenvalue weighted by Gasteiger charge is -2.41. The Morgan fingerprint density at radius 1 is 0.944 bits per heavy atom. The smallest absolute Gasteiger partial charge is 0.00699 e. The zero-order valence-electron chi connectivity index (χ0n) is 12.5. The molecule has 2 aliphatic carbocycles. The van der Waals surface area contributed by atoms with Crippen LogP contribution in [0, 0.1) is 23.7 Å². The molecule has 1 nitrogen and oxygen atoms in total. The second-order valence-electron chi connectivity index (χ2n) is 6.96. The van der Waals surface area contributed by atoms with Crippen LogP contribution in [-0.2, 0) is 0 Å². The highest BCUT2D eigenvalue weighted by molar-refractivity contribution is 4.87. The molecule has 106 valence electrons. The molecular weight excluding hydrogens is 218 g/mol. The molecule has 0 bridgehead atoms. The molecule has 2 fully saturated rings. The quantitative estimate of drug-likeness (QED) is 0.750. The molecule has 0 aliphatic heterocycles. The highest BCUT2D eigenvalue weighted by Crippen LogP contribution is 2.44. The van der Waals surface area contributed by atoms with Gasteiger partial charge in [0.2, 0.25) is 0 Å². The first-order valence-corrected chi connectivity index (χ1v) is 8.50. The molecule has 2 N–H and O–H groups in total. The van der Waals surface area contributed by atoms with Gasteiger partial charge in [0.05, 0.1) is 0 Å². The second kappa shape index (κ2) is 6.93. The van der Waals surface area contributed by atoms with Crippen molar-refractivity contribution in [2.24, 2.45) is 29.4 Å². The van der Waals surface area contributed by atoms with E-state index in [4.69, 9.17) is 5.73 Å². The van der Waals surface area contributed by atoms with Gasteiger partial charge in [0.15, 0.2) is 0 Å². The molecule has 0 radical (unpaired) electrons. The molecule has 0 saturated heterocycles. The van der Waals surface area contributed by atoms with Crippen molar-refractivity contribution in [3.63, 3.8) is 0 Å². The number of hydrogen-bond acceptors (Lipinski definition) is 1. The van der Waals surface area contributed by atoms with Crippen LogP contribution in [0.25, 0.3) is 0 Å². The summed E-state index contributed by atoms with van der Waals surface area (Å²) in [5.74, 6) is 3.80. The lowest BCUT2D eigenvalue weighted by atomic mass is 9.65.